The minimum Gasteiger partial charge on any atom is -0.378 e. The molecule has 1 fully saturated rings. The van der Waals surface area contributed by atoms with E-state index in [1.54, 1.807) is 4.90 Å². The van der Waals surface area contributed by atoms with Gasteiger partial charge in [0, 0.05) is 38.7 Å². The zero-order valence-electron chi connectivity index (χ0n) is 17.4. The van der Waals surface area contributed by atoms with Gasteiger partial charge in [0.05, 0.1) is 24.6 Å². The zero-order valence-corrected chi connectivity index (χ0v) is 17.4. The van der Waals surface area contributed by atoms with Gasteiger partial charge in [0.15, 0.2) is 0 Å². The molecule has 1 heterocycles. The van der Waals surface area contributed by atoms with Crippen molar-refractivity contribution in [1.29, 1.82) is 0 Å². The minimum atomic E-state index is -0.108. The average Bonchev–Trinajstić information content (AvgIpc) is 2.71. The molecule has 0 saturated carbocycles. The highest BCUT2D eigenvalue weighted by Gasteiger charge is 2.19. The van der Waals surface area contributed by atoms with Gasteiger partial charge in [0.1, 0.15) is 0 Å². The molecule has 1 aliphatic heterocycles. The Balaban J connectivity index is 1.69. The zero-order chi connectivity index (χ0) is 20.8. The smallest absolute Gasteiger partial charge is 0.226 e. The van der Waals surface area contributed by atoms with Crippen LogP contribution in [0.3, 0.4) is 0 Å². The van der Waals surface area contributed by atoms with Crippen LogP contribution in [0.25, 0.3) is 0 Å². The number of nitrogens with one attached hydrogen (secondary N) is 1. The van der Waals surface area contributed by atoms with E-state index in [1.807, 2.05) is 56.3 Å². The molecule has 3 rings (SSSR count). The Morgan fingerprint density at radius 2 is 1.69 bits per heavy atom. The lowest BCUT2D eigenvalue weighted by molar-refractivity contribution is -0.117. The molecule has 154 valence electrons. The van der Waals surface area contributed by atoms with E-state index >= 15 is 0 Å². The number of amides is 2. The summed E-state index contributed by atoms with van der Waals surface area (Å²) in [6, 6.07) is 13.8. The van der Waals surface area contributed by atoms with Crippen molar-refractivity contribution in [3.8, 4) is 0 Å². The fraction of sp³-hybridized carbons (Fsp3) is 0.391. The van der Waals surface area contributed by atoms with Crippen LogP contribution in [0.1, 0.15) is 24.5 Å². The van der Waals surface area contributed by atoms with E-state index in [2.05, 4.69) is 10.2 Å². The summed E-state index contributed by atoms with van der Waals surface area (Å²) in [6.45, 7) is 8.82. The third-order valence-corrected chi connectivity index (χ3v) is 5.18. The molecular weight excluding hydrogens is 366 g/mol. The van der Waals surface area contributed by atoms with Gasteiger partial charge >= 0.3 is 0 Å². The molecule has 2 aromatic carbocycles. The molecule has 29 heavy (non-hydrogen) atoms. The first-order valence-corrected chi connectivity index (χ1v) is 10.0. The Labute approximate surface area is 172 Å². The predicted molar refractivity (Wildman–Crippen MR) is 117 cm³/mol. The first kappa shape index (κ1) is 20.9. The van der Waals surface area contributed by atoms with Gasteiger partial charge in [-0.2, -0.15) is 0 Å². The maximum Gasteiger partial charge on any atom is 0.226 e. The highest BCUT2D eigenvalue weighted by Crippen LogP contribution is 2.27. The fourth-order valence-electron chi connectivity index (χ4n) is 3.74. The molecule has 0 aliphatic carbocycles. The van der Waals surface area contributed by atoms with Crippen LogP contribution in [-0.4, -0.2) is 44.7 Å². The monoisotopic (exact) mass is 395 g/mol. The Hall–Kier alpha value is -2.86. The van der Waals surface area contributed by atoms with Crippen LogP contribution in [0.5, 0.6) is 0 Å². The molecule has 0 atom stereocenters. The van der Waals surface area contributed by atoms with Gasteiger partial charge in [-0.25, -0.2) is 0 Å². The third-order valence-electron chi connectivity index (χ3n) is 5.18. The molecule has 2 amide bonds. The standard InChI is InChI=1S/C23H29N3O3/c1-17-7-6-8-18(2)23(17)26(19(3)27)12-11-22(28)24-20-9-4-5-10-21(20)25-13-15-29-16-14-25/h4-10H,11-16H2,1-3H3,(H,24,28). The number of carbonyl (C=O) groups excluding carboxylic acids is 2. The molecule has 0 unspecified atom stereocenters. The van der Waals surface area contributed by atoms with Gasteiger partial charge in [0.2, 0.25) is 11.8 Å². The van der Waals surface area contributed by atoms with Gasteiger partial charge in [-0.1, -0.05) is 30.3 Å². The Kier molecular flexibility index (Phi) is 6.88. The summed E-state index contributed by atoms with van der Waals surface area (Å²) in [5.41, 5.74) is 4.74. The van der Waals surface area contributed by atoms with Gasteiger partial charge in [0.25, 0.3) is 0 Å². The number of rotatable bonds is 6. The summed E-state index contributed by atoms with van der Waals surface area (Å²) in [5, 5.41) is 3.02. The lowest BCUT2D eigenvalue weighted by Crippen LogP contribution is -2.37. The summed E-state index contributed by atoms with van der Waals surface area (Å²) < 4.78 is 5.42. The van der Waals surface area contributed by atoms with Crippen molar-refractivity contribution in [3.05, 3.63) is 53.6 Å². The van der Waals surface area contributed by atoms with Crippen molar-refractivity contribution in [2.75, 3.05) is 48.0 Å². The Bertz CT molecular complexity index is 855. The minimum absolute atomic E-state index is 0.0658. The number of para-hydroxylation sites is 3. The molecule has 0 spiro atoms. The lowest BCUT2D eigenvalue weighted by atomic mass is 10.1. The molecule has 6 heteroatoms. The maximum absolute atomic E-state index is 12.7. The second-order valence-electron chi connectivity index (χ2n) is 7.33. The molecule has 6 nitrogen and oxygen atoms in total. The van der Waals surface area contributed by atoms with Crippen LogP contribution in [0.4, 0.5) is 17.1 Å². The summed E-state index contributed by atoms with van der Waals surface area (Å²) >= 11 is 0. The first-order valence-electron chi connectivity index (χ1n) is 10.0. The van der Waals surface area contributed by atoms with Gasteiger partial charge in [-0.05, 0) is 37.1 Å². The van der Waals surface area contributed by atoms with Crippen molar-refractivity contribution in [2.24, 2.45) is 0 Å². The molecule has 1 aliphatic rings. The number of aryl methyl sites for hydroxylation is 2. The van der Waals surface area contributed by atoms with E-state index in [9.17, 15) is 9.59 Å². The largest absolute Gasteiger partial charge is 0.378 e. The molecular formula is C23H29N3O3. The molecule has 0 aromatic heterocycles. The number of ether oxygens (including phenoxy) is 1. The van der Waals surface area contributed by atoms with Crippen molar-refractivity contribution in [2.45, 2.75) is 27.2 Å². The van der Waals surface area contributed by atoms with Gasteiger partial charge < -0.3 is 19.9 Å². The van der Waals surface area contributed by atoms with Crippen LogP contribution >= 0.6 is 0 Å². The van der Waals surface area contributed by atoms with E-state index in [1.165, 1.54) is 6.92 Å². The quantitative estimate of drug-likeness (QED) is 0.813. The van der Waals surface area contributed by atoms with Crippen LogP contribution in [0, 0.1) is 13.8 Å². The molecule has 0 bridgehead atoms. The predicted octanol–water partition coefficient (Wildman–Crippen LogP) is 3.52. The summed E-state index contributed by atoms with van der Waals surface area (Å²) in [6.07, 6.45) is 0.227. The highest BCUT2D eigenvalue weighted by atomic mass is 16.5. The van der Waals surface area contributed by atoms with Crippen molar-refractivity contribution >= 4 is 28.9 Å². The van der Waals surface area contributed by atoms with Crippen LogP contribution in [-0.2, 0) is 14.3 Å². The average molecular weight is 396 g/mol. The van der Waals surface area contributed by atoms with E-state index < -0.39 is 0 Å². The molecule has 1 saturated heterocycles. The van der Waals surface area contributed by atoms with Crippen molar-refractivity contribution < 1.29 is 14.3 Å². The Morgan fingerprint density at radius 1 is 1.03 bits per heavy atom. The molecule has 0 radical (unpaired) electrons. The van der Waals surface area contributed by atoms with Crippen molar-refractivity contribution in [3.63, 3.8) is 0 Å². The van der Waals surface area contributed by atoms with Crippen LogP contribution in [0.2, 0.25) is 0 Å². The lowest BCUT2D eigenvalue weighted by Gasteiger charge is -2.30. The number of hydrogen-bond donors (Lipinski definition) is 1. The maximum atomic E-state index is 12.7. The second kappa shape index (κ2) is 9.56. The summed E-state index contributed by atoms with van der Waals surface area (Å²) in [4.78, 5) is 28.9. The summed E-state index contributed by atoms with van der Waals surface area (Å²) in [7, 11) is 0. The third kappa shape index (κ3) is 5.15. The van der Waals surface area contributed by atoms with Gasteiger partial charge in [-0.15, -0.1) is 0 Å². The first-order chi connectivity index (χ1) is 14.0. The number of anilines is 3. The molecule has 1 N–H and O–H groups in total. The number of hydrogen-bond acceptors (Lipinski definition) is 4. The second-order valence-corrected chi connectivity index (χ2v) is 7.33. The SMILES string of the molecule is CC(=O)N(CCC(=O)Nc1ccccc1N1CCOCC1)c1c(C)cccc1C. The fourth-order valence-corrected chi connectivity index (χ4v) is 3.74. The summed E-state index contributed by atoms with van der Waals surface area (Å²) in [5.74, 6) is -0.174. The van der Waals surface area contributed by atoms with E-state index in [0.717, 1.165) is 41.3 Å². The molecule has 2 aromatic rings. The normalized spacial score (nSPS) is 13.8. The van der Waals surface area contributed by atoms with Crippen LogP contribution < -0.4 is 15.1 Å². The van der Waals surface area contributed by atoms with E-state index in [4.69, 9.17) is 4.74 Å². The van der Waals surface area contributed by atoms with Crippen molar-refractivity contribution in [1.82, 2.24) is 0 Å². The topological polar surface area (TPSA) is 61.9 Å². The number of carbonyl (C=O) groups is 2. The van der Waals surface area contributed by atoms with E-state index in [0.29, 0.717) is 19.8 Å². The highest BCUT2D eigenvalue weighted by molar-refractivity contribution is 5.97. The van der Waals surface area contributed by atoms with E-state index in [-0.39, 0.29) is 18.2 Å². The number of morpholine rings is 1. The number of benzene rings is 2. The van der Waals surface area contributed by atoms with Crippen LogP contribution in [0.15, 0.2) is 42.5 Å². The number of nitrogens with zero attached hydrogens (tertiary/aromatic N) is 2. The van der Waals surface area contributed by atoms with Gasteiger partial charge in [-0.3, -0.25) is 9.59 Å². The Morgan fingerprint density at radius 3 is 2.34 bits per heavy atom.